The van der Waals surface area contributed by atoms with Gasteiger partial charge in [-0.3, -0.25) is 10.1 Å². The molecule has 0 saturated carbocycles. The lowest BCUT2D eigenvalue weighted by Gasteiger charge is -2.12. The summed E-state index contributed by atoms with van der Waals surface area (Å²) in [6, 6.07) is 4.21. The van der Waals surface area contributed by atoms with Crippen LogP contribution in [0.4, 0.5) is 10.1 Å². The van der Waals surface area contributed by atoms with Gasteiger partial charge in [-0.2, -0.15) is 0 Å². The highest BCUT2D eigenvalue weighted by Gasteiger charge is 2.22. The van der Waals surface area contributed by atoms with E-state index in [4.69, 9.17) is 0 Å². The third kappa shape index (κ3) is 3.59. The Morgan fingerprint density at radius 2 is 2.35 bits per heavy atom. The van der Waals surface area contributed by atoms with Crippen LogP contribution in [-0.2, 0) is 4.79 Å². The molecule has 6 heteroatoms. The van der Waals surface area contributed by atoms with E-state index in [1.54, 1.807) is 17.8 Å². The molecule has 2 N–H and O–H groups in total. The zero-order valence-electron chi connectivity index (χ0n) is 9.33. The van der Waals surface area contributed by atoms with E-state index in [9.17, 15) is 9.18 Å². The highest BCUT2D eigenvalue weighted by atomic mass is 35.5. The van der Waals surface area contributed by atoms with E-state index >= 15 is 0 Å². The fraction of sp³-hybridized carbons (Fsp3) is 0.364. The topological polar surface area (TPSA) is 41.1 Å². The molecule has 1 saturated heterocycles. The van der Waals surface area contributed by atoms with Gasteiger partial charge >= 0.3 is 0 Å². The lowest BCUT2D eigenvalue weighted by molar-refractivity contribution is -0.117. The molecule has 94 valence electrons. The summed E-state index contributed by atoms with van der Waals surface area (Å²) in [4.78, 5) is 11.8. The molecule has 1 heterocycles. The molecule has 3 nitrogen and oxygen atoms in total. The molecule has 1 aliphatic rings. The van der Waals surface area contributed by atoms with Crippen LogP contribution in [0.5, 0.6) is 0 Å². The molecule has 1 amide bonds. The fourth-order valence-electron chi connectivity index (χ4n) is 1.51. The minimum Gasteiger partial charge on any atom is -0.324 e. The summed E-state index contributed by atoms with van der Waals surface area (Å²) in [5.74, 6) is 1.12. The van der Waals surface area contributed by atoms with E-state index in [1.165, 1.54) is 12.1 Å². The van der Waals surface area contributed by atoms with Gasteiger partial charge in [0.05, 0.1) is 6.04 Å². The van der Waals surface area contributed by atoms with E-state index in [-0.39, 0.29) is 30.2 Å². The monoisotopic (exact) mass is 276 g/mol. The zero-order valence-corrected chi connectivity index (χ0v) is 11.0. The van der Waals surface area contributed by atoms with Gasteiger partial charge < -0.3 is 5.32 Å². The van der Waals surface area contributed by atoms with Crippen molar-refractivity contribution in [1.82, 2.24) is 5.32 Å². The second kappa shape index (κ2) is 6.23. The Morgan fingerprint density at radius 1 is 1.59 bits per heavy atom. The van der Waals surface area contributed by atoms with Crippen molar-refractivity contribution in [2.45, 2.75) is 13.0 Å². The Hall–Kier alpha value is -0.780. The standard InChI is InChI=1S/C11H13FN2OS.ClH/c1-7-2-3-8(12)4-9(7)14-11(15)10-5-16-6-13-10;/h2-4,10,13H,5-6H2,1H3,(H,14,15);1H. The van der Waals surface area contributed by atoms with Crippen molar-refractivity contribution in [3.05, 3.63) is 29.6 Å². The van der Waals surface area contributed by atoms with Gasteiger partial charge in [0.15, 0.2) is 0 Å². The van der Waals surface area contributed by atoms with Crippen LogP contribution >= 0.6 is 24.2 Å². The van der Waals surface area contributed by atoms with Crippen molar-refractivity contribution in [3.63, 3.8) is 0 Å². The van der Waals surface area contributed by atoms with Crippen LogP contribution in [-0.4, -0.2) is 23.6 Å². The number of carbonyl (C=O) groups excluding carboxylic acids is 1. The number of aryl methyl sites for hydroxylation is 1. The van der Waals surface area contributed by atoms with E-state index in [2.05, 4.69) is 10.6 Å². The Bertz CT molecular complexity index is 410. The average Bonchev–Trinajstić information content (AvgIpc) is 2.76. The summed E-state index contributed by atoms with van der Waals surface area (Å²) in [5.41, 5.74) is 1.41. The molecule has 1 fully saturated rings. The van der Waals surface area contributed by atoms with Gasteiger partial charge in [0.25, 0.3) is 0 Å². The van der Waals surface area contributed by atoms with Gasteiger partial charge in [-0.1, -0.05) is 6.07 Å². The van der Waals surface area contributed by atoms with Gasteiger partial charge in [0, 0.05) is 17.3 Å². The first kappa shape index (κ1) is 14.3. The van der Waals surface area contributed by atoms with Crippen LogP contribution in [0.1, 0.15) is 5.56 Å². The van der Waals surface area contributed by atoms with Crippen LogP contribution in [0.2, 0.25) is 0 Å². The lowest BCUT2D eigenvalue weighted by Crippen LogP contribution is -2.37. The molecule has 0 aromatic heterocycles. The first-order chi connectivity index (χ1) is 7.66. The number of thioether (sulfide) groups is 1. The third-order valence-corrected chi connectivity index (χ3v) is 3.43. The zero-order chi connectivity index (χ0) is 11.5. The van der Waals surface area contributed by atoms with Gasteiger partial charge in [-0.25, -0.2) is 4.39 Å². The molecule has 0 radical (unpaired) electrons. The van der Waals surface area contributed by atoms with Crippen LogP contribution in [0, 0.1) is 12.7 Å². The number of hydrogen-bond acceptors (Lipinski definition) is 3. The predicted molar refractivity (Wildman–Crippen MR) is 71.3 cm³/mol. The lowest BCUT2D eigenvalue weighted by atomic mass is 10.2. The smallest absolute Gasteiger partial charge is 0.242 e. The Labute approximate surface area is 110 Å². The minimum atomic E-state index is -0.338. The number of carbonyl (C=O) groups is 1. The molecule has 0 bridgehead atoms. The molecule has 1 atom stereocenters. The van der Waals surface area contributed by atoms with Gasteiger partial charge in [-0.05, 0) is 24.6 Å². The summed E-state index contributed by atoms with van der Waals surface area (Å²) in [5, 5.41) is 5.81. The van der Waals surface area contributed by atoms with Crippen LogP contribution in [0.3, 0.4) is 0 Å². The maximum Gasteiger partial charge on any atom is 0.242 e. The second-order valence-corrected chi connectivity index (χ2v) is 4.75. The molecule has 2 rings (SSSR count). The Balaban J connectivity index is 0.00000144. The quantitative estimate of drug-likeness (QED) is 0.870. The molecular formula is C11H14ClFN2OS. The molecule has 0 spiro atoms. The predicted octanol–water partition coefficient (Wildman–Crippen LogP) is 2.16. The molecule has 1 aromatic carbocycles. The Kier molecular flexibility index (Phi) is 5.24. The van der Waals surface area contributed by atoms with Crippen molar-refractivity contribution in [3.8, 4) is 0 Å². The minimum absolute atomic E-state index is 0. The van der Waals surface area contributed by atoms with Crippen molar-refractivity contribution < 1.29 is 9.18 Å². The third-order valence-electron chi connectivity index (χ3n) is 2.49. The summed E-state index contributed by atoms with van der Waals surface area (Å²) < 4.78 is 13.0. The van der Waals surface area contributed by atoms with Crippen molar-refractivity contribution in [2.75, 3.05) is 16.9 Å². The van der Waals surface area contributed by atoms with Crippen molar-refractivity contribution >= 4 is 35.8 Å². The number of rotatable bonds is 2. The molecule has 17 heavy (non-hydrogen) atoms. The molecule has 1 aliphatic heterocycles. The largest absolute Gasteiger partial charge is 0.324 e. The van der Waals surface area contributed by atoms with E-state index in [0.717, 1.165) is 17.2 Å². The van der Waals surface area contributed by atoms with Gasteiger partial charge in [0.1, 0.15) is 5.82 Å². The van der Waals surface area contributed by atoms with Crippen LogP contribution < -0.4 is 10.6 Å². The van der Waals surface area contributed by atoms with Gasteiger partial charge in [0.2, 0.25) is 5.91 Å². The summed E-state index contributed by atoms with van der Waals surface area (Å²) in [6.07, 6.45) is 0. The van der Waals surface area contributed by atoms with E-state index < -0.39 is 0 Å². The summed E-state index contributed by atoms with van der Waals surface area (Å²) >= 11 is 1.68. The number of amides is 1. The Morgan fingerprint density at radius 3 is 3.00 bits per heavy atom. The van der Waals surface area contributed by atoms with Crippen LogP contribution in [0.25, 0.3) is 0 Å². The highest BCUT2D eigenvalue weighted by molar-refractivity contribution is 7.99. The number of anilines is 1. The average molecular weight is 277 g/mol. The number of hydrogen-bond donors (Lipinski definition) is 2. The summed E-state index contributed by atoms with van der Waals surface area (Å²) in [7, 11) is 0. The number of halogens is 2. The maximum absolute atomic E-state index is 13.0. The first-order valence-electron chi connectivity index (χ1n) is 5.05. The van der Waals surface area contributed by atoms with Crippen molar-refractivity contribution in [1.29, 1.82) is 0 Å². The maximum atomic E-state index is 13.0. The number of benzene rings is 1. The molecular weight excluding hydrogens is 263 g/mol. The van der Waals surface area contributed by atoms with Gasteiger partial charge in [-0.15, -0.1) is 24.2 Å². The van der Waals surface area contributed by atoms with E-state index in [1.807, 2.05) is 6.92 Å². The SMILES string of the molecule is Cc1ccc(F)cc1NC(=O)C1CSCN1.Cl. The molecule has 0 aliphatic carbocycles. The van der Waals surface area contributed by atoms with E-state index in [0.29, 0.717) is 5.69 Å². The summed E-state index contributed by atoms with van der Waals surface area (Å²) in [6.45, 7) is 1.84. The fourth-order valence-corrected chi connectivity index (χ4v) is 2.45. The molecule has 1 unspecified atom stereocenters. The van der Waals surface area contributed by atoms with Crippen LogP contribution in [0.15, 0.2) is 18.2 Å². The normalized spacial score (nSPS) is 18.6. The number of nitrogens with one attached hydrogen (secondary N) is 2. The highest BCUT2D eigenvalue weighted by Crippen LogP contribution is 2.17. The van der Waals surface area contributed by atoms with Crippen molar-refractivity contribution in [2.24, 2.45) is 0 Å². The first-order valence-corrected chi connectivity index (χ1v) is 6.20. The second-order valence-electron chi connectivity index (χ2n) is 3.72. The molecule has 1 aromatic rings.